The number of hydrogen-bond donors (Lipinski definition) is 1. The third-order valence-electron chi connectivity index (χ3n) is 3.31. The van der Waals surface area contributed by atoms with E-state index in [-0.39, 0.29) is 5.97 Å². The largest absolute Gasteiger partial charge is 0.465 e. The Labute approximate surface area is 115 Å². The van der Waals surface area contributed by atoms with Gasteiger partial charge in [0.15, 0.2) is 0 Å². The summed E-state index contributed by atoms with van der Waals surface area (Å²) in [6, 6.07) is 5.58. The standard InChI is InChI=1S/C15H24N2O2/c1-10(2)8-11(3)17(4)14-9-12(15(18)19-5)6-7-13(14)16/h6-7,9-11H,8,16H2,1-5H3. The lowest BCUT2D eigenvalue weighted by Gasteiger charge is -2.29. The average Bonchev–Trinajstić information content (AvgIpc) is 2.36. The van der Waals surface area contributed by atoms with E-state index < -0.39 is 0 Å². The summed E-state index contributed by atoms with van der Waals surface area (Å²) in [5, 5.41) is 0. The summed E-state index contributed by atoms with van der Waals surface area (Å²) in [6.07, 6.45) is 1.07. The summed E-state index contributed by atoms with van der Waals surface area (Å²) in [6.45, 7) is 6.54. The number of anilines is 2. The molecule has 0 radical (unpaired) electrons. The molecule has 0 fully saturated rings. The molecule has 106 valence electrons. The molecule has 0 aliphatic carbocycles. The lowest BCUT2D eigenvalue weighted by Crippen LogP contribution is -2.30. The number of benzene rings is 1. The number of rotatable bonds is 5. The van der Waals surface area contributed by atoms with E-state index in [1.165, 1.54) is 7.11 Å². The zero-order valence-electron chi connectivity index (χ0n) is 12.4. The summed E-state index contributed by atoms with van der Waals surface area (Å²) in [5.41, 5.74) is 8.07. The van der Waals surface area contributed by atoms with E-state index in [0.29, 0.717) is 23.2 Å². The molecule has 1 aromatic carbocycles. The SMILES string of the molecule is COC(=O)c1ccc(N)c(N(C)C(C)CC(C)C)c1. The van der Waals surface area contributed by atoms with Crippen LogP contribution in [0.2, 0.25) is 0 Å². The molecule has 0 aliphatic rings. The molecule has 0 saturated heterocycles. The highest BCUT2D eigenvalue weighted by Crippen LogP contribution is 2.27. The number of methoxy groups -OCH3 is 1. The second-order valence-electron chi connectivity index (χ2n) is 5.35. The van der Waals surface area contributed by atoms with Crippen LogP contribution in [0.15, 0.2) is 18.2 Å². The number of nitrogens with zero attached hydrogens (tertiary/aromatic N) is 1. The minimum Gasteiger partial charge on any atom is -0.465 e. The van der Waals surface area contributed by atoms with Gasteiger partial charge in [-0.3, -0.25) is 0 Å². The highest BCUT2D eigenvalue weighted by molar-refractivity contribution is 5.92. The Morgan fingerprint density at radius 2 is 2.00 bits per heavy atom. The molecule has 1 aromatic rings. The van der Waals surface area contributed by atoms with Crippen LogP contribution in [0.5, 0.6) is 0 Å². The number of ether oxygens (including phenoxy) is 1. The van der Waals surface area contributed by atoms with Crippen LogP contribution in [-0.4, -0.2) is 26.2 Å². The van der Waals surface area contributed by atoms with Crippen molar-refractivity contribution in [3.63, 3.8) is 0 Å². The molecular weight excluding hydrogens is 240 g/mol. The van der Waals surface area contributed by atoms with Crippen LogP contribution in [0.3, 0.4) is 0 Å². The highest BCUT2D eigenvalue weighted by atomic mass is 16.5. The van der Waals surface area contributed by atoms with Crippen molar-refractivity contribution >= 4 is 17.3 Å². The van der Waals surface area contributed by atoms with Gasteiger partial charge >= 0.3 is 5.97 Å². The van der Waals surface area contributed by atoms with E-state index >= 15 is 0 Å². The fourth-order valence-electron chi connectivity index (χ4n) is 2.17. The summed E-state index contributed by atoms with van der Waals surface area (Å²) < 4.78 is 4.74. The molecule has 1 atom stereocenters. The van der Waals surface area contributed by atoms with E-state index in [4.69, 9.17) is 10.5 Å². The lowest BCUT2D eigenvalue weighted by molar-refractivity contribution is 0.0601. The molecular formula is C15H24N2O2. The van der Waals surface area contributed by atoms with Crippen LogP contribution in [0.1, 0.15) is 37.6 Å². The average molecular weight is 264 g/mol. The van der Waals surface area contributed by atoms with Crippen LogP contribution < -0.4 is 10.6 Å². The number of nitrogens with two attached hydrogens (primary N) is 1. The van der Waals surface area contributed by atoms with Crippen molar-refractivity contribution in [3.8, 4) is 0 Å². The van der Waals surface area contributed by atoms with Crippen LogP contribution in [0, 0.1) is 5.92 Å². The first-order valence-electron chi connectivity index (χ1n) is 6.57. The van der Waals surface area contributed by atoms with Crippen LogP contribution >= 0.6 is 0 Å². The van der Waals surface area contributed by atoms with Crippen molar-refractivity contribution in [2.45, 2.75) is 33.2 Å². The number of hydrogen-bond acceptors (Lipinski definition) is 4. The Kier molecular flexibility index (Phi) is 5.21. The van der Waals surface area contributed by atoms with Crippen LogP contribution in [0.25, 0.3) is 0 Å². The van der Waals surface area contributed by atoms with Gasteiger partial charge in [-0.15, -0.1) is 0 Å². The maximum Gasteiger partial charge on any atom is 0.337 e. The van der Waals surface area contributed by atoms with Gasteiger partial charge < -0.3 is 15.4 Å². The third-order valence-corrected chi connectivity index (χ3v) is 3.31. The molecule has 4 heteroatoms. The second-order valence-corrected chi connectivity index (χ2v) is 5.35. The first-order valence-corrected chi connectivity index (χ1v) is 6.57. The summed E-state index contributed by atoms with van der Waals surface area (Å²) >= 11 is 0. The minimum atomic E-state index is -0.342. The summed E-state index contributed by atoms with van der Waals surface area (Å²) in [7, 11) is 3.38. The van der Waals surface area contributed by atoms with E-state index in [0.717, 1.165) is 12.1 Å². The fraction of sp³-hybridized carbons (Fsp3) is 0.533. The molecule has 0 heterocycles. The molecule has 4 nitrogen and oxygen atoms in total. The molecule has 0 aliphatic heterocycles. The van der Waals surface area contributed by atoms with Crippen molar-refractivity contribution in [1.82, 2.24) is 0 Å². The van der Waals surface area contributed by atoms with E-state index in [2.05, 4.69) is 25.7 Å². The van der Waals surface area contributed by atoms with Gasteiger partial charge in [0.25, 0.3) is 0 Å². The molecule has 1 rings (SSSR count). The van der Waals surface area contributed by atoms with Gasteiger partial charge in [0.05, 0.1) is 24.0 Å². The Bertz CT molecular complexity index is 444. The summed E-state index contributed by atoms with van der Waals surface area (Å²) in [4.78, 5) is 13.7. The molecule has 0 saturated carbocycles. The maximum atomic E-state index is 11.6. The summed E-state index contributed by atoms with van der Waals surface area (Å²) in [5.74, 6) is 0.272. The quantitative estimate of drug-likeness (QED) is 0.656. The fourth-order valence-corrected chi connectivity index (χ4v) is 2.17. The molecule has 0 bridgehead atoms. The number of carbonyl (C=O) groups is 1. The first kappa shape index (κ1) is 15.3. The highest BCUT2D eigenvalue weighted by Gasteiger charge is 2.16. The molecule has 19 heavy (non-hydrogen) atoms. The van der Waals surface area contributed by atoms with Crippen molar-refractivity contribution < 1.29 is 9.53 Å². The smallest absolute Gasteiger partial charge is 0.337 e. The van der Waals surface area contributed by atoms with Gasteiger partial charge in [0.2, 0.25) is 0 Å². The first-order chi connectivity index (χ1) is 8.86. The van der Waals surface area contributed by atoms with Crippen LogP contribution in [0.4, 0.5) is 11.4 Å². The van der Waals surface area contributed by atoms with Gasteiger partial charge in [-0.2, -0.15) is 0 Å². The maximum absolute atomic E-state index is 11.6. The van der Waals surface area contributed by atoms with Gasteiger partial charge in [-0.25, -0.2) is 4.79 Å². The minimum absolute atomic E-state index is 0.342. The molecule has 0 amide bonds. The van der Waals surface area contributed by atoms with Crippen molar-refractivity contribution in [2.24, 2.45) is 5.92 Å². The van der Waals surface area contributed by atoms with Crippen molar-refractivity contribution in [2.75, 3.05) is 24.8 Å². The zero-order valence-corrected chi connectivity index (χ0v) is 12.4. The van der Waals surface area contributed by atoms with Gasteiger partial charge in [-0.1, -0.05) is 13.8 Å². The third kappa shape index (κ3) is 3.88. The Balaban J connectivity index is 3.01. The molecule has 1 unspecified atom stereocenters. The normalized spacial score (nSPS) is 12.3. The van der Waals surface area contributed by atoms with Gasteiger partial charge in [-0.05, 0) is 37.5 Å². The van der Waals surface area contributed by atoms with E-state index in [9.17, 15) is 4.79 Å². The molecule has 0 spiro atoms. The Morgan fingerprint density at radius 3 is 2.53 bits per heavy atom. The topological polar surface area (TPSA) is 55.6 Å². The lowest BCUT2D eigenvalue weighted by atomic mass is 10.0. The predicted octanol–water partition coefficient (Wildman–Crippen LogP) is 2.93. The number of carbonyl (C=O) groups excluding carboxylic acids is 1. The monoisotopic (exact) mass is 264 g/mol. The number of nitrogen functional groups attached to an aromatic ring is 1. The zero-order chi connectivity index (χ0) is 14.6. The van der Waals surface area contributed by atoms with Crippen molar-refractivity contribution in [3.05, 3.63) is 23.8 Å². The Morgan fingerprint density at radius 1 is 1.37 bits per heavy atom. The van der Waals surface area contributed by atoms with Gasteiger partial charge in [0, 0.05) is 13.1 Å². The van der Waals surface area contributed by atoms with Crippen LogP contribution in [-0.2, 0) is 4.74 Å². The molecule has 0 aromatic heterocycles. The second kappa shape index (κ2) is 6.45. The van der Waals surface area contributed by atoms with E-state index in [1.54, 1.807) is 18.2 Å². The number of esters is 1. The molecule has 2 N–H and O–H groups in total. The van der Waals surface area contributed by atoms with Gasteiger partial charge in [0.1, 0.15) is 0 Å². The van der Waals surface area contributed by atoms with E-state index in [1.807, 2.05) is 7.05 Å². The van der Waals surface area contributed by atoms with Crippen molar-refractivity contribution in [1.29, 1.82) is 0 Å². The Hall–Kier alpha value is -1.71. The predicted molar refractivity (Wildman–Crippen MR) is 79.5 cm³/mol.